The molecule has 0 N–H and O–H groups in total. The average molecular weight is 321 g/mol. The predicted molar refractivity (Wildman–Crippen MR) is 78.0 cm³/mol. The molecule has 1 aliphatic rings. The van der Waals surface area contributed by atoms with E-state index < -0.39 is 10.0 Å². The number of methoxy groups -OCH3 is 2. The standard InChI is InChI=1S/C14H15N3O4S/c1-20-13-4-3-11(5-14(13)21-2)22(18,19)17-7-10-6-15-9-16-12(10)8-17/h3-6,9H,7-8H2,1-2H3. The summed E-state index contributed by atoms with van der Waals surface area (Å²) in [5.74, 6) is 0.858. The number of hydrogen-bond donors (Lipinski definition) is 0. The molecular formula is C14H15N3O4S. The minimum atomic E-state index is -3.63. The van der Waals surface area contributed by atoms with Crippen LogP contribution in [0.2, 0.25) is 0 Å². The summed E-state index contributed by atoms with van der Waals surface area (Å²) in [7, 11) is -0.664. The minimum absolute atomic E-state index is 0.158. The highest BCUT2D eigenvalue weighted by molar-refractivity contribution is 7.89. The topological polar surface area (TPSA) is 81.6 Å². The maximum atomic E-state index is 12.8. The van der Waals surface area contributed by atoms with E-state index in [0.29, 0.717) is 11.5 Å². The Morgan fingerprint density at radius 1 is 1.14 bits per heavy atom. The molecule has 1 aromatic carbocycles. The fraction of sp³-hybridized carbons (Fsp3) is 0.286. The van der Waals surface area contributed by atoms with Crippen molar-refractivity contribution in [3.8, 4) is 11.5 Å². The van der Waals surface area contributed by atoms with Gasteiger partial charge in [0.1, 0.15) is 6.33 Å². The molecule has 2 heterocycles. The Bertz CT molecular complexity index is 782. The van der Waals surface area contributed by atoms with Crippen LogP contribution in [-0.4, -0.2) is 36.9 Å². The van der Waals surface area contributed by atoms with Crippen LogP contribution in [0.5, 0.6) is 11.5 Å². The van der Waals surface area contributed by atoms with E-state index in [9.17, 15) is 8.42 Å². The van der Waals surface area contributed by atoms with Crippen molar-refractivity contribution in [1.29, 1.82) is 0 Å². The lowest BCUT2D eigenvalue weighted by Crippen LogP contribution is -2.25. The lowest BCUT2D eigenvalue weighted by Gasteiger charge is -2.16. The maximum Gasteiger partial charge on any atom is 0.243 e. The Labute approximate surface area is 128 Å². The molecule has 8 heteroatoms. The highest BCUT2D eigenvalue weighted by Gasteiger charge is 2.32. The summed E-state index contributed by atoms with van der Waals surface area (Å²) in [6.07, 6.45) is 3.07. The zero-order valence-corrected chi connectivity index (χ0v) is 13.0. The smallest absolute Gasteiger partial charge is 0.243 e. The van der Waals surface area contributed by atoms with Crippen molar-refractivity contribution in [3.63, 3.8) is 0 Å². The minimum Gasteiger partial charge on any atom is -0.493 e. The van der Waals surface area contributed by atoms with Crippen molar-refractivity contribution in [2.75, 3.05) is 14.2 Å². The first kappa shape index (κ1) is 14.7. The van der Waals surface area contributed by atoms with Crippen molar-refractivity contribution < 1.29 is 17.9 Å². The first-order valence-electron chi connectivity index (χ1n) is 6.56. The molecule has 0 amide bonds. The Morgan fingerprint density at radius 3 is 2.59 bits per heavy atom. The van der Waals surface area contributed by atoms with E-state index in [4.69, 9.17) is 9.47 Å². The summed E-state index contributed by atoms with van der Waals surface area (Å²) in [5, 5.41) is 0. The molecule has 1 aliphatic heterocycles. The fourth-order valence-corrected chi connectivity index (χ4v) is 3.76. The van der Waals surface area contributed by atoms with Crippen LogP contribution in [0, 0.1) is 0 Å². The molecule has 0 fully saturated rings. The maximum absolute atomic E-state index is 12.8. The summed E-state index contributed by atoms with van der Waals surface area (Å²) < 4.78 is 37.2. The van der Waals surface area contributed by atoms with Crippen molar-refractivity contribution in [1.82, 2.24) is 14.3 Å². The second-order valence-corrected chi connectivity index (χ2v) is 6.72. The summed E-state index contributed by atoms with van der Waals surface area (Å²) >= 11 is 0. The molecule has 2 aromatic rings. The third-order valence-electron chi connectivity index (χ3n) is 3.55. The summed E-state index contributed by atoms with van der Waals surface area (Å²) in [6.45, 7) is 0.515. The van der Waals surface area contributed by atoms with Gasteiger partial charge in [-0.1, -0.05) is 0 Å². The number of fused-ring (bicyclic) bond motifs is 1. The summed E-state index contributed by atoms with van der Waals surface area (Å²) in [4.78, 5) is 8.20. The molecule has 0 bridgehead atoms. The first-order valence-corrected chi connectivity index (χ1v) is 8.00. The molecule has 0 aliphatic carbocycles. The van der Waals surface area contributed by atoms with E-state index in [0.717, 1.165) is 11.3 Å². The number of ether oxygens (including phenoxy) is 2. The number of hydrogen-bond acceptors (Lipinski definition) is 6. The lowest BCUT2D eigenvalue weighted by atomic mass is 10.3. The highest BCUT2D eigenvalue weighted by atomic mass is 32.2. The van der Waals surface area contributed by atoms with E-state index >= 15 is 0 Å². The number of nitrogens with zero attached hydrogens (tertiary/aromatic N) is 3. The van der Waals surface area contributed by atoms with Crippen molar-refractivity contribution in [2.45, 2.75) is 18.0 Å². The van der Waals surface area contributed by atoms with Crippen molar-refractivity contribution >= 4 is 10.0 Å². The number of aromatic nitrogens is 2. The van der Waals surface area contributed by atoms with E-state index in [1.807, 2.05) is 0 Å². The molecule has 22 heavy (non-hydrogen) atoms. The molecule has 0 spiro atoms. The van der Waals surface area contributed by atoms with Gasteiger partial charge in [-0.3, -0.25) is 0 Å². The fourth-order valence-electron chi connectivity index (χ4n) is 2.37. The van der Waals surface area contributed by atoms with Crippen LogP contribution in [0.15, 0.2) is 35.6 Å². The summed E-state index contributed by atoms with van der Waals surface area (Å²) in [5.41, 5.74) is 1.56. The van der Waals surface area contributed by atoms with Crippen LogP contribution in [0.1, 0.15) is 11.3 Å². The molecule has 0 atom stereocenters. The van der Waals surface area contributed by atoms with E-state index in [1.165, 1.54) is 37.0 Å². The molecule has 0 radical (unpaired) electrons. The van der Waals surface area contributed by atoms with E-state index in [-0.39, 0.29) is 18.0 Å². The first-order chi connectivity index (χ1) is 10.6. The third kappa shape index (κ3) is 2.40. The average Bonchev–Trinajstić information content (AvgIpc) is 2.99. The highest BCUT2D eigenvalue weighted by Crippen LogP contribution is 2.33. The van der Waals surface area contributed by atoms with Crippen LogP contribution < -0.4 is 9.47 Å². The zero-order chi connectivity index (χ0) is 15.7. The van der Waals surface area contributed by atoms with Crippen LogP contribution in [0.4, 0.5) is 0 Å². The number of benzene rings is 1. The SMILES string of the molecule is COc1ccc(S(=O)(=O)N2Cc3cncnc3C2)cc1OC. The molecule has 0 unspecified atom stereocenters. The van der Waals surface area contributed by atoms with Gasteiger partial charge in [0.05, 0.1) is 31.4 Å². The van der Waals surface area contributed by atoms with Gasteiger partial charge in [0.25, 0.3) is 0 Å². The second kappa shape index (κ2) is 5.54. The molecule has 7 nitrogen and oxygen atoms in total. The van der Waals surface area contributed by atoms with Gasteiger partial charge in [-0.05, 0) is 12.1 Å². The number of sulfonamides is 1. The van der Waals surface area contributed by atoms with Gasteiger partial charge in [-0.25, -0.2) is 18.4 Å². The van der Waals surface area contributed by atoms with Crippen molar-refractivity contribution in [2.24, 2.45) is 0 Å². The second-order valence-electron chi connectivity index (χ2n) is 4.78. The Morgan fingerprint density at radius 2 is 1.91 bits per heavy atom. The molecule has 0 saturated heterocycles. The zero-order valence-electron chi connectivity index (χ0n) is 12.2. The van der Waals surface area contributed by atoms with Gasteiger partial charge in [0, 0.05) is 24.4 Å². The van der Waals surface area contributed by atoms with Crippen LogP contribution in [0.25, 0.3) is 0 Å². The van der Waals surface area contributed by atoms with Gasteiger partial charge >= 0.3 is 0 Å². The molecular weight excluding hydrogens is 306 g/mol. The van der Waals surface area contributed by atoms with E-state index in [2.05, 4.69) is 9.97 Å². The van der Waals surface area contributed by atoms with Crippen LogP contribution in [-0.2, 0) is 23.1 Å². The van der Waals surface area contributed by atoms with Gasteiger partial charge in [-0.15, -0.1) is 0 Å². The molecule has 116 valence electrons. The molecule has 3 rings (SSSR count). The Balaban J connectivity index is 1.95. The largest absolute Gasteiger partial charge is 0.493 e. The predicted octanol–water partition coefficient (Wildman–Crippen LogP) is 1.20. The monoisotopic (exact) mass is 321 g/mol. The van der Waals surface area contributed by atoms with Gasteiger partial charge < -0.3 is 9.47 Å². The Hall–Kier alpha value is -2.19. The van der Waals surface area contributed by atoms with Gasteiger partial charge in [-0.2, -0.15) is 4.31 Å². The molecule has 0 saturated carbocycles. The van der Waals surface area contributed by atoms with E-state index in [1.54, 1.807) is 12.3 Å². The van der Waals surface area contributed by atoms with Crippen LogP contribution >= 0.6 is 0 Å². The van der Waals surface area contributed by atoms with Crippen molar-refractivity contribution in [3.05, 3.63) is 42.0 Å². The Kier molecular flexibility index (Phi) is 3.71. The third-order valence-corrected chi connectivity index (χ3v) is 5.33. The van der Waals surface area contributed by atoms with Crippen LogP contribution in [0.3, 0.4) is 0 Å². The van der Waals surface area contributed by atoms with Gasteiger partial charge in [0.15, 0.2) is 11.5 Å². The van der Waals surface area contributed by atoms with Gasteiger partial charge in [0.2, 0.25) is 10.0 Å². The summed E-state index contributed by atoms with van der Waals surface area (Å²) in [6, 6.07) is 4.54. The molecule has 1 aromatic heterocycles. The quantitative estimate of drug-likeness (QED) is 0.841. The lowest BCUT2D eigenvalue weighted by molar-refractivity contribution is 0.353. The normalized spacial score (nSPS) is 14.6. The number of rotatable bonds is 4.